The van der Waals surface area contributed by atoms with Crippen molar-refractivity contribution in [1.82, 2.24) is 4.98 Å². The lowest BCUT2D eigenvalue weighted by atomic mass is 9.84. The van der Waals surface area contributed by atoms with E-state index in [1.165, 1.54) is 30.6 Å². The smallest absolute Gasteiger partial charge is 0.343 e. The van der Waals surface area contributed by atoms with E-state index in [2.05, 4.69) is 20.1 Å². The summed E-state index contributed by atoms with van der Waals surface area (Å²) >= 11 is 1.43. The number of rotatable bonds is 33. The average Bonchev–Trinajstić information content (AvgIpc) is 3.95. The van der Waals surface area contributed by atoms with Gasteiger partial charge in [0, 0.05) is 42.2 Å². The standard InChI is InChI=1S/C61H65N3O14S/c1-5-56(65)74-35-14-34-73-49-25-21-46(22-26-49)59(68)78-53-28-19-44(37-54(53)69-4)20-30-58(67)77-50-27-29-52(47(38-50)39-62-64(31-36-75-57(66)6-2)60-63-51-15-10-11-16-55(51)79-60)76-40-45-17-23-48(24-18-45)72-33-13-9-8-12-32-70-41-61(7-3)42-71-43-61/h5-6,10-11,15-30,37-39H,1-2,7-9,12-14,31-36,40-43H2,3-4H3/b30-20+,62-39+. The number of benzene rings is 5. The number of ether oxygens (including phenoxy) is 10. The van der Waals surface area contributed by atoms with E-state index in [4.69, 9.17) is 57.5 Å². The topological polar surface area (TPSA) is 189 Å². The Balaban J connectivity index is 0.970. The van der Waals surface area contributed by atoms with Crippen molar-refractivity contribution in [3.8, 4) is 34.5 Å². The molecule has 7 rings (SSSR count). The van der Waals surface area contributed by atoms with Crippen LogP contribution < -0.4 is 33.4 Å². The number of nitrogens with zero attached hydrogens (tertiary/aromatic N) is 3. The van der Waals surface area contributed by atoms with Crippen LogP contribution in [0.5, 0.6) is 34.5 Å². The van der Waals surface area contributed by atoms with Crippen LogP contribution in [0.4, 0.5) is 5.13 Å². The van der Waals surface area contributed by atoms with Crippen LogP contribution in [0, 0.1) is 5.41 Å². The quantitative estimate of drug-likeness (QED) is 0.00944. The third-order valence-electron chi connectivity index (χ3n) is 12.4. The van der Waals surface area contributed by atoms with E-state index in [1.54, 1.807) is 71.9 Å². The Labute approximate surface area is 463 Å². The number of thiazole rings is 1. The number of aromatic nitrogens is 1. The van der Waals surface area contributed by atoms with E-state index >= 15 is 0 Å². The maximum absolute atomic E-state index is 13.3. The highest BCUT2D eigenvalue weighted by molar-refractivity contribution is 7.22. The fraction of sp³-hybridized carbons (Fsp3) is 0.311. The van der Waals surface area contributed by atoms with Gasteiger partial charge >= 0.3 is 23.9 Å². The second kappa shape index (κ2) is 30.6. The van der Waals surface area contributed by atoms with Crippen LogP contribution in [-0.4, -0.2) is 102 Å². The molecule has 0 spiro atoms. The molecular formula is C61H65N3O14S. The molecule has 1 saturated heterocycles. The number of carbonyl (C=O) groups is 4. The molecule has 0 amide bonds. The molecule has 0 atom stereocenters. The molecule has 0 unspecified atom stereocenters. The third-order valence-corrected chi connectivity index (χ3v) is 13.4. The molecule has 1 aliphatic rings. The highest BCUT2D eigenvalue weighted by Crippen LogP contribution is 2.33. The van der Waals surface area contributed by atoms with Crippen molar-refractivity contribution < 1.29 is 66.5 Å². The SMILES string of the molecule is C=CC(=O)OCCCOc1ccc(C(=O)Oc2ccc(/C=C/C(=O)Oc3ccc(OCc4ccc(OCCCCCCOCC5(CC)COC5)cc4)c(/C=N/N(CCOC(=O)C=C)c4nc5ccccc5s4)c3)cc2OC)cc1. The van der Waals surface area contributed by atoms with Gasteiger partial charge in [0.05, 0.1) is 75.3 Å². The maximum atomic E-state index is 13.3. The molecule has 2 heterocycles. The van der Waals surface area contributed by atoms with Crippen LogP contribution in [0.2, 0.25) is 0 Å². The lowest BCUT2D eigenvalue weighted by Gasteiger charge is -2.40. The summed E-state index contributed by atoms with van der Waals surface area (Å²) in [5.41, 5.74) is 3.22. The van der Waals surface area contributed by atoms with Crippen molar-refractivity contribution in [3.63, 3.8) is 0 Å². The predicted octanol–water partition coefficient (Wildman–Crippen LogP) is 11.2. The zero-order valence-electron chi connectivity index (χ0n) is 44.5. The number of methoxy groups -OCH3 is 1. The van der Waals surface area contributed by atoms with E-state index in [0.717, 1.165) is 92.2 Å². The second-order valence-corrected chi connectivity index (χ2v) is 19.2. The zero-order valence-corrected chi connectivity index (χ0v) is 45.3. The van der Waals surface area contributed by atoms with Gasteiger partial charge in [-0.2, -0.15) is 5.10 Å². The number of anilines is 1. The van der Waals surface area contributed by atoms with Gasteiger partial charge in [-0.25, -0.2) is 29.2 Å². The van der Waals surface area contributed by atoms with Gasteiger partial charge < -0.3 is 47.4 Å². The van der Waals surface area contributed by atoms with Gasteiger partial charge in [0.25, 0.3) is 0 Å². The molecule has 0 N–H and O–H groups in total. The summed E-state index contributed by atoms with van der Waals surface area (Å²) in [4.78, 5) is 54.3. The predicted molar refractivity (Wildman–Crippen MR) is 302 cm³/mol. The molecule has 18 heteroatoms. The summed E-state index contributed by atoms with van der Waals surface area (Å²) in [6.07, 6.45) is 12.2. The largest absolute Gasteiger partial charge is 0.494 e. The van der Waals surface area contributed by atoms with Crippen LogP contribution in [0.25, 0.3) is 16.3 Å². The summed E-state index contributed by atoms with van der Waals surface area (Å²) in [6.45, 7) is 13.7. The number of hydrogen-bond acceptors (Lipinski definition) is 18. The summed E-state index contributed by atoms with van der Waals surface area (Å²) in [6, 6.07) is 31.6. The molecule has 1 aliphatic heterocycles. The van der Waals surface area contributed by atoms with Gasteiger partial charge in [0.15, 0.2) is 11.5 Å². The average molecular weight is 1100 g/mol. The normalized spacial score (nSPS) is 12.6. The molecule has 5 aromatic carbocycles. The lowest BCUT2D eigenvalue weighted by molar-refractivity contribution is -0.150. The molecule has 0 bridgehead atoms. The zero-order chi connectivity index (χ0) is 55.7. The van der Waals surface area contributed by atoms with Crippen LogP contribution in [0.15, 0.2) is 146 Å². The van der Waals surface area contributed by atoms with Crippen molar-refractivity contribution in [2.75, 3.05) is 71.5 Å². The molecule has 0 saturated carbocycles. The Kier molecular flexibility index (Phi) is 22.6. The Hall–Kier alpha value is -8.32. The molecule has 1 fully saturated rings. The van der Waals surface area contributed by atoms with Gasteiger partial charge in [-0.05, 0) is 122 Å². The minimum atomic E-state index is -0.678. The second-order valence-electron chi connectivity index (χ2n) is 18.1. The molecule has 79 heavy (non-hydrogen) atoms. The highest BCUT2D eigenvalue weighted by Gasteiger charge is 2.36. The summed E-state index contributed by atoms with van der Waals surface area (Å²) in [5.74, 6) is 0.00486. The monoisotopic (exact) mass is 1100 g/mol. The van der Waals surface area contributed by atoms with Gasteiger partial charge in [-0.15, -0.1) is 0 Å². The number of unbranched alkanes of at least 4 members (excludes halogenated alkanes) is 3. The maximum Gasteiger partial charge on any atom is 0.343 e. The Bertz CT molecular complexity index is 3000. The van der Waals surface area contributed by atoms with Crippen LogP contribution >= 0.6 is 11.3 Å². The number of esters is 4. The van der Waals surface area contributed by atoms with Crippen molar-refractivity contribution in [1.29, 1.82) is 0 Å². The lowest BCUT2D eigenvalue weighted by Crippen LogP contribution is -2.45. The van der Waals surface area contributed by atoms with E-state index < -0.39 is 23.9 Å². The summed E-state index contributed by atoms with van der Waals surface area (Å²) in [7, 11) is 1.44. The van der Waals surface area contributed by atoms with Crippen molar-refractivity contribution in [3.05, 3.63) is 163 Å². The number of para-hydroxylation sites is 1. The van der Waals surface area contributed by atoms with Crippen molar-refractivity contribution in [2.45, 2.75) is 52.1 Å². The van der Waals surface area contributed by atoms with Crippen LogP contribution in [0.3, 0.4) is 0 Å². The first-order valence-corrected chi connectivity index (χ1v) is 26.8. The minimum Gasteiger partial charge on any atom is -0.494 e. The molecule has 6 aromatic rings. The molecule has 17 nitrogen and oxygen atoms in total. The molecule has 414 valence electrons. The number of hydrogen-bond donors (Lipinski definition) is 0. The first-order valence-electron chi connectivity index (χ1n) is 26.0. The highest BCUT2D eigenvalue weighted by atomic mass is 32.1. The van der Waals surface area contributed by atoms with Gasteiger partial charge in [0.2, 0.25) is 5.13 Å². The van der Waals surface area contributed by atoms with Gasteiger partial charge in [-0.3, -0.25) is 0 Å². The van der Waals surface area contributed by atoms with E-state index in [9.17, 15) is 19.2 Å². The van der Waals surface area contributed by atoms with E-state index in [-0.39, 0.29) is 54.6 Å². The van der Waals surface area contributed by atoms with Crippen LogP contribution in [-0.2, 0) is 39.9 Å². The number of fused-ring (bicyclic) bond motifs is 1. The number of carbonyl (C=O) groups excluding carboxylic acids is 4. The van der Waals surface area contributed by atoms with Crippen molar-refractivity contribution in [2.24, 2.45) is 10.5 Å². The van der Waals surface area contributed by atoms with Crippen LogP contribution in [0.1, 0.15) is 72.5 Å². The first-order chi connectivity index (χ1) is 38.5. The van der Waals surface area contributed by atoms with Gasteiger partial charge in [-0.1, -0.05) is 68.2 Å². The molecular weight excluding hydrogens is 1030 g/mol. The third kappa shape index (κ3) is 18.4. The molecule has 1 aromatic heterocycles. The summed E-state index contributed by atoms with van der Waals surface area (Å²) in [5, 5.41) is 6.97. The van der Waals surface area contributed by atoms with E-state index in [1.807, 2.05) is 48.5 Å². The minimum absolute atomic E-state index is 0.00349. The van der Waals surface area contributed by atoms with Crippen molar-refractivity contribution >= 4 is 62.9 Å². The number of hydrazone groups is 1. The fourth-order valence-electron chi connectivity index (χ4n) is 7.69. The van der Waals surface area contributed by atoms with Gasteiger partial charge in [0.1, 0.15) is 36.2 Å². The Morgan fingerprint density at radius 2 is 1.39 bits per heavy atom. The molecule has 0 aliphatic carbocycles. The summed E-state index contributed by atoms with van der Waals surface area (Å²) < 4.78 is 57.5. The Morgan fingerprint density at radius 3 is 2.09 bits per heavy atom. The Morgan fingerprint density at radius 1 is 0.709 bits per heavy atom. The molecule has 0 radical (unpaired) electrons. The first kappa shape index (κ1) is 58.4. The fourth-order valence-corrected chi connectivity index (χ4v) is 8.64. The van der Waals surface area contributed by atoms with E-state index in [0.29, 0.717) is 47.4 Å².